The standard InChI is InChI=1S/C22H37ClO5/c1-2-3-12-22(28,16-23)13-8-11-19-18(20(26)14-21(19)27)10-7-5-4-6-9-17(25)15-24/h8,11,18-19,21,24,27-28H,2-7,9-10,12-16H2,1H3/t18-,19-,21-,22?/m1/s1. The molecule has 1 saturated carbocycles. The van der Waals surface area contributed by atoms with Crippen LogP contribution in [0.4, 0.5) is 0 Å². The predicted molar refractivity (Wildman–Crippen MR) is 111 cm³/mol. The van der Waals surface area contributed by atoms with Crippen molar-refractivity contribution >= 4 is 23.2 Å². The Morgan fingerprint density at radius 2 is 1.96 bits per heavy atom. The molecule has 1 aliphatic carbocycles. The number of rotatable bonds is 15. The first-order valence-electron chi connectivity index (χ1n) is 10.6. The molecule has 6 heteroatoms. The molecule has 0 saturated heterocycles. The summed E-state index contributed by atoms with van der Waals surface area (Å²) in [7, 11) is 0. The summed E-state index contributed by atoms with van der Waals surface area (Å²) in [5.74, 6) is -0.225. The highest BCUT2D eigenvalue weighted by atomic mass is 35.5. The average molecular weight is 417 g/mol. The van der Waals surface area contributed by atoms with Crippen LogP contribution in [-0.2, 0) is 9.59 Å². The molecular formula is C22H37ClO5. The fourth-order valence-electron chi connectivity index (χ4n) is 3.89. The van der Waals surface area contributed by atoms with Gasteiger partial charge in [-0.3, -0.25) is 9.59 Å². The van der Waals surface area contributed by atoms with Crippen molar-refractivity contribution in [2.45, 2.75) is 89.3 Å². The van der Waals surface area contributed by atoms with Crippen LogP contribution in [0.25, 0.3) is 0 Å². The van der Waals surface area contributed by atoms with Gasteiger partial charge < -0.3 is 15.3 Å². The number of aliphatic hydroxyl groups is 3. The smallest absolute Gasteiger partial charge is 0.158 e. The third-order valence-electron chi connectivity index (χ3n) is 5.73. The zero-order chi connectivity index (χ0) is 21.0. The van der Waals surface area contributed by atoms with Gasteiger partial charge in [0.05, 0.1) is 17.6 Å². The molecule has 1 unspecified atom stereocenters. The van der Waals surface area contributed by atoms with Crippen LogP contribution in [0.2, 0.25) is 0 Å². The van der Waals surface area contributed by atoms with E-state index in [1.165, 1.54) is 0 Å². The lowest BCUT2D eigenvalue weighted by Crippen LogP contribution is -2.30. The van der Waals surface area contributed by atoms with E-state index in [0.29, 0.717) is 19.3 Å². The number of unbranched alkanes of at least 4 members (excludes halogenated alkanes) is 4. The molecule has 0 heterocycles. The quantitative estimate of drug-likeness (QED) is 0.215. The van der Waals surface area contributed by atoms with Crippen LogP contribution in [0.3, 0.4) is 0 Å². The molecule has 0 amide bonds. The molecule has 0 aliphatic heterocycles. The van der Waals surface area contributed by atoms with Gasteiger partial charge in [0.1, 0.15) is 12.4 Å². The summed E-state index contributed by atoms with van der Waals surface area (Å²) in [6.45, 7) is 1.68. The van der Waals surface area contributed by atoms with E-state index in [-0.39, 0.29) is 42.3 Å². The Labute approximate surface area is 174 Å². The van der Waals surface area contributed by atoms with Crippen LogP contribution in [0.1, 0.15) is 77.6 Å². The van der Waals surface area contributed by atoms with Gasteiger partial charge in [0.15, 0.2) is 5.78 Å². The second-order valence-electron chi connectivity index (χ2n) is 8.17. The van der Waals surface area contributed by atoms with Crippen LogP contribution in [-0.4, -0.2) is 51.1 Å². The van der Waals surface area contributed by atoms with Crippen molar-refractivity contribution in [3.05, 3.63) is 12.2 Å². The van der Waals surface area contributed by atoms with Crippen LogP contribution < -0.4 is 0 Å². The molecule has 0 radical (unpaired) electrons. The van der Waals surface area contributed by atoms with Crippen molar-refractivity contribution in [1.82, 2.24) is 0 Å². The normalized spacial score (nSPS) is 24.8. The average Bonchev–Trinajstić information content (AvgIpc) is 2.95. The van der Waals surface area contributed by atoms with E-state index < -0.39 is 11.7 Å². The molecule has 0 bridgehead atoms. The molecule has 0 aromatic heterocycles. The maximum absolute atomic E-state index is 12.3. The number of hydrogen-bond donors (Lipinski definition) is 3. The minimum absolute atomic E-state index is 0.108. The summed E-state index contributed by atoms with van der Waals surface area (Å²) in [6, 6.07) is 0. The van der Waals surface area contributed by atoms with Gasteiger partial charge in [-0.15, -0.1) is 11.6 Å². The lowest BCUT2D eigenvalue weighted by atomic mass is 9.87. The van der Waals surface area contributed by atoms with Gasteiger partial charge in [-0.1, -0.05) is 51.2 Å². The molecule has 28 heavy (non-hydrogen) atoms. The zero-order valence-electron chi connectivity index (χ0n) is 17.1. The fraction of sp³-hybridized carbons (Fsp3) is 0.818. The topological polar surface area (TPSA) is 94.8 Å². The number of carbonyl (C=O) groups is 2. The Hall–Kier alpha value is -0.750. The Morgan fingerprint density at radius 1 is 1.25 bits per heavy atom. The molecule has 1 aliphatic rings. The van der Waals surface area contributed by atoms with Crippen LogP contribution in [0, 0.1) is 11.8 Å². The first-order chi connectivity index (χ1) is 13.4. The molecule has 1 rings (SSSR count). The number of hydrogen-bond acceptors (Lipinski definition) is 5. The number of alkyl halides is 1. The third kappa shape index (κ3) is 8.73. The summed E-state index contributed by atoms with van der Waals surface area (Å²) < 4.78 is 0. The van der Waals surface area contributed by atoms with E-state index in [9.17, 15) is 19.8 Å². The van der Waals surface area contributed by atoms with Gasteiger partial charge in [-0.05, 0) is 25.7 Å². The van der Waals surface area contributed by atoms with Crippen LogP contribution in [0.15, 0.2) is 12.2 Å². The molecule has 0 aromatic carbocycles. The van der Waals surface area contributed by atoms with Gasteiger partial charge in [0.25, 0.3) is 0 Å². The first kappa shape index (κ1) is 25.3. The summed E-state index contributed by atoms with van der Waals surface area (Å²) in [4.78, 5) is 23.3. The minimum Gasteiger partial charge on any atom is -0.392 e. The summed E-state index contributed by atoms with van der Waals surface area (Å²) in [5.41, 5.74) is -0.927. The predicted octanol–water partition coefficient (Wildman–Crippen LogP) is 3.56. The van der Waals surface area contributed by atoms with Gasteiger partial charge in [0.2, 0.25) is 0 Å². The lowest BCUT2D eigenvalue weighted by molar-refractivity contribution is -0.122. The highest BCUT2D eigenvalue weighted by Gasteiger charge is 2.39. The van der Waals surface area contributed by atoms with Crippen molar-refractivity contribution < 1.29 is 24.9 Å². The molecule has 5 nitrogen and oxygen atoms in total. The van der Waals surface area contributed by atoms with E-state index >= 15 is 0 Å². The Kier molecular flexibility index (Phi) is 12.2. The Morgan fingerprint density at radius 3 is 2.61 bits per heavy atom. The zero-order valence-corrected chi connectivity index (χ0v) is 17.9. The minimum atomic E-state index is -0.927. The second kappa shape index (κ2) is 13.5. The van der Waals surface area contributed by atoms with Crippen molar-refractivity contribution in [3.8, 4) is 0 Å². The van der Waals surface area contributed by atoms with Gasteiger partial charge >= 0.3 is 0 Å². The molecular weight excluding hydrogens is 380 g/mol. The van der Waals surface area contributed by atoms with E-state index in [0.717, 1.165) is 44.9 Å². The van der Waals surface area contributed by atoms with Crippen molar-refractivity contribution in [1.29, 1.82) is 0 Å². The molecule has 1 fully saturated rings. The maximum Gasteiger partial charge on any atom is 0.158 e. The SMILES string of the molecule is CCCCC(O)(CCl)CC=C[C@H]1[C@H](O)CC(=O)[C@@H]1CCCCCCC(=O)CO. The second-order valence-corrected chi connectivity index (χ2v) is 8.43. The fourth-order valence-corrected chi connectivity index (χ4v) is 4.13. The highest BCUT2D eigenvalue weighted by molar-refractivity contribution is 6.18. The Bertz CT molecular complexity index is 507. The number of carbonyl (C=O) groups excluding carboxylic acids is 2. The van der Waals surface area contributed by atoms with Crippen molar-refractivity contribution in [3.63, 3.8) is 0 Å². The molecule has 162 valence electrons. The number of halogens is 1. The van der Waals surface area contributed by atoms with Crippen LogP contribution >= 0.6 is 11.6 Å². The molecule has 3 N–H and O–H groups in total. The highest BCUT2D eigenvalue weighted by Crippen LogP contribution is 2.35. The van der Waals surface area contributed by atoms with E-state index in [1.54, 1.807) is 0 Å². The number of Topliss-reactive ketones (excluding diaryl/α,β-unsaturated/α-hetero) is 2. The van der Waals surface area contributed by atoms with Crippen LogP contribution in [0.5, 0.6) is 0 Å². The van der Waals surface area contributed by atoms with Crippen molar-refractivity contribution in [2.75, 3.05) is 12.5 Å². The van der Waals surface area contributed by atoms with Gasteiger partial charge in [0, 0.05) is 24.7 Å². The monoisotopic (exact) mass is 416 g/mol. The summed E-state index contributed by atoms with van der Waals surface area (Å²) in [5, 5.41) is 29.5. The Balaban J connectivity index is 2.47. The maximum atomic E-state index is 12.3. The summed E-state index contributed by atoms with van der Waals surface area (Å²) in [6.07, 6.45) is 10.9. The molecule has 0 spiro atoms. The lowest BCUT2D eigenvalue weighted by Gasteiger charge is -2.24. The van der Waals surface area contributed by atoms with E-state index in [1.807, 2.05) is 12.2 Å². The van der Waals surface area contributed by atoms with E-state index in [4.69, 9.17) is 16.7 Å². The number of ketones is 2. The third-order valence-corrected chi connectivity index (χ3v) is 6.23. The van der Waals surface area contributed by atoms with Gasteiger partial charge in [-0.25, -0.2) is 0 Å². The molecule has 4 atom stereocenters. The largest absolute Gasteiger partial charge is 0.392 e. The first-order valence-corrected chi connectivity index (χ1v) is 11.2. The van der Waals surface area contributed by atoms with Gasteiger partial charge in [-0.2, -0.15) is 0 Å². The van der Waals surface area contributed by atoms with E-state index in [2.05, 4.69) is 6.92 Å². The number of aliphatic hydroxyl groups excluding tert-OH is 2. The molecule has 0 aromatic rings. The summed E-state index contributed by atoms with van der Waals surface area (Å²) >= 11 is 5.94. The van der Waals surface area contributed by atoms with Crippen molar-refractivity contribution in [2.24, 2.45) is 11.8 Å².